The molecule has 3 heterocycles. The van der Waals surface area contributed by atoms with E-state index in [1.807, 2.05) is 0 Å². The average molecular weight is 336 g/mol. The van der Waals surface area contributed by atoms with E-state index in [9.17, 15) is 24.9 Å². The average Bonchev–Trinajstić information content (AvgIpc) is 3.05. The van der Waals surface area contributed by atoms with Gasteiger partial charge in [-0.1, -0.05) is 19.1 Å². The molecule has 0 aliphatic carbocycles. The topological polar surface area (TPSA) is 123 Å². The summed E-state index contributed by atoms with van der Waals surface area (Å²) in [7, 11) is 0. The lowest BCUT2D eigenvalue weighted by molar-refractivity contribution is -0.272. The summed E-state index contributed by atoms with van der Waals surface area (Å²) >= 11 is 0. The summed E-state index contributed by atoms with van der Waals surface area (Å²) in [4.78, 5) is 24.8. The minimum atomic E-state index is -2.29. The van der Waals surface area contributed by atoms with E-state index in [-0.39, 0.29) is 18.8 Å². The van der Waals surface area contributed by atoms with E-state index in [4.69, 9.17) is 14.2 Å². The number of hydrogen-bond donors (Lipinski definition) is 3. The molecule has 5 atom stereocenters. The third-order valence-corrected chi connectivity index (χ3v) is 5.28. The van der Waals surface area contributed by atoms with Crippen LogP contribution >= 0.6 is 0 Å². The molecule has 0 unspecified atom stereocenters. The van der Waals surface area contributed by atoms with Crippen molar-refractivity contribution in [2.24, 2.45) is 0 Å². The Hall–Kier alpha value is -2.16. The van der Waals surface area contributed by atoms with Gasteiger partial charge in [-0.2, -0.15) is 0 Å². The molecule has 1 spiro atoms. The van der Waals surface area contributed by atoms with Crippen molar-refractivity contribution in [1.29, 1.82) is 0 Å². The number of aromatic hydroxyl groups is 1. The molecule has 3 saturated heterocycles. The Balaban J connectivity index is 1.93. The molecule has 0 amide bonds. The van der Waals surface area contributed by atoms with Crippen LogP contribution in [-0.2, 0) is 29.2 Å². The second kappa shape index (κ2) is 4.47. The molecule has 128 valence electrons. The molecule has 0 radical (unpaired) electrons. The lowest BCUT2D eigenvalue weighted by Crippen LogP contribution is -2.66. The summed E-state index contributed by atoms with van der Waals surface area (Å²) in [5, 5.41) is 30.5. The third-order valence-electron chi connectivity index (χ3n) is 5.28. The summed E-state index contributed by atoms with van der Waals surface area (Å²) in [6.07, 6.45) is -2.75. The van der Waals surface area contributed by atoms with Crippen LogP contribution in [0.15, 0.2) is 24.3 Å². The van der Waals surface area contributed by atoms with Crippen LogP contribution in [-0.4, -0.2) is 57.5 Å². The molecular formula is C16H16O8. The van der Waals surface area contributed by atoms with E-state index in [1.54, 1.807) is 6.92 Å². The van der Waals surface area contributed by atoms with Gasteiger partial charge >= 0.3 is 11.9 Å². The highest BCUT2D eigenvalue weighted by Gasteiger charge is 2.84. The SMILES string of the molecule is C[C@]1(c2ccc(O)cc2)CC(=O)O[C@@]12C(=O)O[C@@H]1[C@@H](O)CO[C@@]12O. The maximum absolute atomic E-state index is 12.7. The lowest BCUT2D eigenvalue weighted by atomic mass is 9.64. The Morgan fingerprint density at radius 1 is 1.21 bits per heavy atom. The van der Waals surface area contributed by atoms with Crippen molar-refractivity contribution in [1.82, 2.24) is 0 Å². The van der Waals surface area contributed by atoms with Crippen LogP contribution in [0.2, 0.25) is 0 Å². The summed E-state index contributed by atoms with van der Waals surface area (Å²) in [5.41, 5.74) is -2.94. The fourth-order valence-corrected chi connectivity index (χ4v) is 4.05. The van der Waals surface area contributed by atoms with Crippen LogP contribution < -0.4 is 0 Å². The van der Waals surface area contributed by atoms with Crippen molar-refractivity contribution in [3.05, 3.63) is 29.8 Å². The molecule has 8 nitrogen and oxygen atoms in total. The second-order valence-electron chi connectivity index (χ2n) is 6.61. The van der Waals surface area contributed by atoms with Crippen LogP contribution in [0.4, 0.5) is 0 Å². The van der Waals surface area contributed by atoms with Crippen molar-refractivity contribution >= 4 is 11.9 Å². The highest BCUT2D eigenvalue weighted by atomic mass is 16.7. The van der Waals surface area contributed by atoms with Crippen LogP contribution in [0.25, 0.3) is 0 Å². The normalized spacial score (nSPS) is 43.8. The first-order valence-corrected chi connectivity index (χ1v) is 7.51. The molecule has 1 aromatic carbocycles. The third kappa shape index (κ3) is 1.53. The smallest absolute Gasteiger partial charge is 0.358 e. The van der Waals surface area contributed by atoms with Gasteiger partial charge in [0.2, 0.25) is 0 Å². The first kappa shape index (κ1) is 15.4. The number of carbonyl (C=O) groups excluding carboxylic acids is 2. The molecule has 4 rings (SSSR count). The minimum Gasteiger partial charge on any atom is -0.508 e. The number of phenols is 1. The van der Waals surface area contributed by atoms with E-state index in [2.05, 4.69) is 0 Å². The van der Waals surface area contributed by atoms with E-state index in [0.29, 0.717) is 5.56 Å². The second-order valence-corrected chi connectivity index (χ2v) is 6.61. The van der Waals surface area contributed by atoms with Crippen molar-refractivity contribution in [3.8, 4) is 5.75 Å². The number of phenolic OH excluding ortho intramolecular Hbond substituents is 1. The molecule has 3 N–H and O–H groups in total. The maximum atomic E-state index is 12.7. The minimum absolute atomic E-state index is 0.0137. The fourth-order valence-electron chi connectivity index (χ4n) is 4.05. The Morgan fingerprint density at radius 3 is 2.54 bits per heavy atom. The van der Waals surface area contributed by atoms with E-state index in [1.165, 1.54) is 24.3 Å². The molecule has 1 aromatic rings. The zero-order chi connectivity index (χ0) is 17.3. The highest BCUT2D eigenvalue weighted by Crippen LogP contribution is 2.59. The van der Waals surface area contributed by atoms with Gasteiger partial charge in [-0.25, -0.2) is 4.79 Å². The van der Waals surface area contributed by atoms with E-state index >= 15 is 0 Å². The number of hydrogen-bond acceptors (Lipinski definition) is 8. The Labute approximate surface area is 136 Å². The molecule has 8 heteroatoms. The quantitative estimate of drug-likeness (QED) is 0.578. The fraction of sp³-hybridized carbons (Fsp3) is 0.500. The molecule has 0 saturated carbocycles. The molecule has 3 fully saturated rings. The zero-order valence-electron chi connectivity index (χ0n) is 12.8. The number of fused-ring (bicyclic) bond motifs is 2. The maximum Gasteiger partial charge on any atom is 0.358 e. The van der Waals surface area contributed by atoms with E-state index < -0.39 is 40.9 Å². The van der Waals surface area contributed by atoms with Gasteiger partial charge in [0.15, 0.2) is 6.10 Å². The predicted molar refractivity (Wildman–Crippen MR) is 75.7 cm³/mol. The molecule has 0 bridgehead atoms. The number of esters is 2. The predicted octanol–water partition coefficient (Wildman–Crippen LogP) is -0.659. The first-order valence-electron chi connectivity index (χ1n) is 7.51. The number of ether oxygens (including phenoxy) is 3. The van der Waals surface area contributed by atoms with Crippen LogP contribution in [0.1, 0.15) is 18.9 Å². The Morgan fingerprint density at radius 2 is 1.88 bits per heavy atom. The highest BCUT2D eigenvalue weighted by molar-refractivity contribution is 5.94. The first-order chi connectivity index (χ1) is 11.2. The largest absolute Gasteiger partial charge is 0.508 e. The number of benzene rings is 1. The van der Waals surface area contributed by atoms with Crippen molar-refractivity contribution in [2.75, 3.05) is 6.61 Å². The monoisotopic (exact) mass is 336 g/mol. The molecule has 0 aromatic heterocycles. The summed E-state index contributed by atoms with van der Waals surface area (Å²) in [5.74, 6) is -3.93. The number of aliphatic hydroxyl groups is 2. The standard InChI is InChI=1S/C16H16O8/c1-14(8-2-4-9(17)5-3-8)6-11(19)24-15(14)13(20)23-12-10(18)7-22-16(12,15)21/h2-5,10,12,17-18,21H,6-7H2,1H3/t10-,12+,14+,15-,16-/m0/s1. The van der Waals surface area contributed by atoms with Crippen LogP contribution in [0.3, 0.4) is 0 Å². The number of carbonyl (C=O) groups is 2. The van der Waals surface area contributed by atoms with Crippen LogP contribution in [0, 0.1) is 0 Å². The molecule has 3 aliphatic heterocycles. The van der Waals surface area contributed by atoms with Gasteiger partial charge in [-0.15, -0.1) is 0 Å². The molecular weight excluding hydrogens is 320 g/mol. The number of rotatable bonds is 1. The lowest BCUT2D eigenvalue weighted by Gasteiger charge is -2.41. The summed E-state index contributed by atoms with van der Waals surface area (Å²) in [6.45, 7) is 1.33. The number of aliphatic hydroxyl groups excluding tert-OH is 1. The Bertz CT molecular complexity index is 730. The van der Waals surface area contributed by atoms with Crippen molar-refractivity contribution < 1.29 is 39.1 Å². The summed E-state index contributed by atoms with van der Waals surface area (Å²) in [6, 6.07) is 5.88. The van der Waals surface area contributed by atoms with Gasteiger partial charge in [0.05, 0.1) is 18.4 Å². The zero-order valence-corrected chi connectivity index (χ0v) is 12.8. The van der Waals surface area contributed by atoms with Crippen molar-refractivity contribution in [2.45, 2.75) is 42.4 Å². The van der Waals surface area contributed by atoms with Crippen molar-refractivity contribution in [3.63, 3.8) is 0 Å². The van der Waals surface area contributed by atoms with Gasteiger partial charge in [0, 0.05) is 0 Å². The van der Waals surface area contributed by atoms with Gasteiger partial charge in [0.1, 0.15) is 11.9 Å². The summed E-state index contributed by atoms with van der Waals surface area (Å²) < 4.78 is 15.8. The van der Waals surface area contributed by atoms with Gasteiger partial charge < -0.3 is 29.5 Å². The molecule has 3 aliphatic rings. The van der Waals surface area contributed by atoms with Gasteiger partial charge in [-0.3, -0.25) is 4.79 Å². The van der Waals surface area contributed by atoms with Gasteiger partial charge in [-0.05, 0) is 17.7 Å². The van der Waals surface area contributed by atoms with Gasteiger partial charge in [0.25, 0.3) is 11.4 Å². The molecule has 24 heavy (non-hydrogen) atoms. The van der Waals surface area contributed by atoms with E-state index in [0.717, 1.165) is 0 Å². The Kier molecular flexibility index (Phi) is 2.86. The van der Waals surface area contributed by atoms with Crippen LogP contribution in [0.5, 0.6) is 5.75 Å².